The standard InChI is InChI=1S/C26H22F2N6O3/c1-34(13-20-23-19(12-30-33-23)22(10-27)32-24(20)36-2)26(35)21-6-5-18(25(31-21)37-17-3-4-17)15-7-14(11-29)8-16(28)9-15/h5-9,12,17H,3-4,10,13H2,1-2H3,(H,30,33). The number of ether oxygens (including phenoxy) is 2. The zero-order chi connectivity index (χ0) is 26.1. The number of nitrogens with one attached hydrogen (secondary N) is 1. The Balaban J connectivity index is 1.48. The SMILES string of the molecule is COc1nc(CF)c2cn[nH]c2c1CN(C)C(=O)c1ccc(-c2cc(F)cc(C#N)c2)c(OC2CC2)n1. The molecule has 0 saturated heterocycles. The number of nitrogens with zero attached hydrogens (tertiary/aromatic N) is 5. The van der Waals surface area contributed by atoms with Gasteiger partial charge in [0.2, 0.25) is 11.8 Å². The topological polar surface area (TPSA) is 117 Å². The van der Waals surface area contributed by atoms with Gasteiger partial charge in [0.25, 0.3) is 5.91 Å². The summed E-state index contributed by atoms with van der Waals surface area (Å²) in [5.41, 5.74) is 2.45. The molecule has 9 nitrogen and oxygen atoms in total. The van der Waals surface area contributed by atoms with Gasteiger partial charge in [0.15, 0.2) is 0 Å². The molecule has 1 aliphatic rings. The first-order valence-electron chi connectivity index (χ1n) is 11.5. The monoisotopic (exact) mass is 504 g/mol. The number of halogens is 2. The molecular formula is C26H22F2N6O3. The van der Waals surface area contributed by atoms with Gasteiger partial charge < -0.3 is 14.4 Å². The second-order valence-electron chi connectivity index (χ2n) is 8.71. The van der Waals surface area contributed by atoms with Gasteiger partial charge in [-0.15, -0.1) is 0 Å². The van der Waals surface area contributed by atoms with Crippen LogP contribution in [0, 0.1) is 17.1 Å². The lowest BCUT2D eigenvalue weighted by molar-refractivity contribution is 0.0777. The number of alkyl halides is 1. The first-order valence-corrected chi connectivity index (χ1v) is 11.5. The number of H-pyrrole nitrogens is 1. The summed E-state index contributed by atoms with van der Waals surface area (Å²) in [5, 5.41) is 16.6. The minimum absolute atomic E-state index is 0.0312. The van der Waals surface area contributed by atoms with Crippen molar-refractivity contribution in [2.24, 2.45) is 0 Å². The maximum atomic E-state index is 14.1. The van der Waals surface area contributed by atoms with Gasteiger partial charge in [0.1, 0.15) is 24.3 Å². The van der Waals surface area contributed by atoms with Crippen LogP contribution in [-0.4, -0.2) is 51.2 Å². The van der Waals surface area contributed by atoms with E-state index in [9.17, 15) is 18.8 Å². The summed E-state index contributed by atoms with van der Waals surface area (Å²) in [4.78, 5) is 23.5. The lowest BCUT2D eigenvalue weighted by atomic mass is 10.0. The van der Waals surface area contributed by atoms with Crippen molar-refractivity contribution in [1.29, 1.82) is 5.26 Å². The number of fused-ring (bicyclic) bond motifs is 1. The molecule has 1 saturated carbocycles. The summed E-state index contributed by atoms with van der Waals surface area (Å²) in [7, 11) is 3.01. The first-order chi connectivity index (χ1) is 17.9. The molecule has 0 atom stereocenters. The van der Waals surface area contributed by atoms with E-state index in [1.54, 1.807) is 19.2 Å². The number of rotatable bonds is 8. The Bertz CT molecular complexity index is 1540. The number of nitriles is 1. The molecular weight excluding hydrogens is 482 g/mol. The molecule has 0 aliphatic heterocycles. The van der Waals surface area contributed by atoms with Crippen molar-refractivity contribution in [3.63, 3.8) is 0 Å². The third-order valence-corrected chi connectivity index (χ3v) is 6.03. The minimum Gasteiger partial charge on any atom is -0.481 e. The lowest BCUT2D eigenvalue weighted by Gasteiger charge is -2.20. The van der Waals surface area contributed by atoms with Crippen molar-refractivity contribution in [2.45, 2.75) is 32.2 Å². The quantitative estimate of drug-likeness (QED) is 0.380. The van der Waals surface area contributed by atoms with Crippen LogP contribution >= 0.6 is 0 Å². The molecule has 1 N–H and O–H groups in total. The summed E-state index contributed by atoms with van der Waals surface area (Å²) < 4.78 is 38.9. The Morgan fingerprint density at radius 3 is 2.76 bits per heavy atom. The molecule has 1 amide bonds. The van der Waals surface area contributed by atoms with Crippen molar-refractivity contribution in [1.82, 2.24) is 25.1 Å². The number of hydrogen-bond donors (Lipinski definition) is 1. The van der Waals surface area contributed by atoms with E-state index in [1.807, 2.05) is 6.07 Å². The normalized spacial score (nSPS) is 12.8. The van der Waals surface area contributed by atoms with E-state index in [0.29, 0.717) is 27.6 Å². The maximum absolute atomic E-state index is 14.1. The van der Waals surface area contributed by atoms with Crippen LogP contribution in [0.25, 0.3) is 22.0 Å². The van der Waals surface area contributed by atoms with E-state index in [0.717, 1.165) is 18.9 Å². The van der Waals surface area contributed by atoms with Gasteiger partial charge in [-0.25, -0.2) is 18.7 Å². The summed E-state index contributed by atoms with van der Waals surface area (Å²) in [6.45, 7) is -0.708. The van der Waals surface area contributed by atoms with Crippen LogP contribution in [-0.2, 0) is 13.2 Å². The number of hydrogen-bond acceptors (Lipinski definition) is 7. The summed E-state index contributed by atoms with van der Waals surface area (Å²) >= 11 is 0. The van der Waals surface area contributed by atoms with E-state index >= 15 is 0 Å². The highest BCUT2D eigenvalue weighted by molar-refractivity contribution is 5.93. The van der Waals surface area contributed by atoms with Crippen LogP contribution in [0.2, 0.25) is 0 Å². The van der Waals surface area contributed by atoms with E-state index in [1.165, 1.54) is 30.3 Å². The Morgan fingerprint density at radius 1 is 1.24 bits per heavy atom. The van der Waals surface area contributed by atoms with Gasteiger partial charge >= 0.3 is 0 Å². The molecule has 1 fully saturated rings. The molecule has 4 aromatic rings. The average Bonchev–Trinajstić information content (AvgIpc) is 3.58. The Labute approximate surface area is 210 Å². The first kappa shape index (κ1) is 24.1. The number of amides is 1. The fraction of sp³-hybridized carbons (Fsp3) is 0.269. The predicted octanol–water partition coefficient (Wildman–Crippen LogP) is 4.32. The molecule has 11 heteroatoms. The van der Waals surface area contributed by atoms with Crippen molar-refractivity contribution in [3.8, 4) is 29.0 Å². The Hall–Kier alpha value is -4.59. The molecule has 3 heterocycles. The number of pyridine rings is 2. The molecule has 0 unspecified atom stereocenters. The van der Waals surface area contributed by atoms with E-state index in [4.69, 9.17) is 9.47 Å². The highest BCUT2D eigenvalue weighted by Gasteiger charge is 2.27. The smallest absolute Gasteiger partial charge is 0.272 e. The number of carbonyl (C=O) groups is 1. The van der Waals surface area contributed by atoms with Crippen molar-refractivity contribution < 1.29 is 23.0 Å². The molecule has 1 aromatic carbocycles. The van der Waals surface area contributed by atoms with Gasteiger partial charge in [-0.1, -0.05) is 0 Å². The highest BCUT2D eigenvalue weighted by Crippen LogP contribution is 2.35. The predicted molar refractivity (Wildman–Crippen MR) is 129 cm³/mol. The zero-order valence-corrected chi connectivity index (χ0v) is 20.1. The summed E-state index contributed by atoms with van der Waals surface area (Å²) in [5.74, 6) is -0.588. The number of carbonyl (C=O) groups excluding carboxylic acids is 1. The molecule has 1 aliphatic carbocycles. The van der Waals surface area contributed by atoms with Crippen molar-refractivity contribution in [2.75, 3.05) is 14.2 Å². The van der Waals surface area contributed by atoms with Gasteiger partial charge in [0, 0.05) is 18.0 Å². The van der Waals surface area contributed by atoms with Crippen molar-refractivity contribution in [3.05, 3.63) is 64.9 Å². The van der Waals surface area contributed by atoms with E-state index in [-0.39, 0.29) is 41.4 Å². The van der Waals surface area contributed by atoms with Crippen LogP contribution < -0.4 is 9.47 Å². The van der Waals surface area contributed by atoms with Gasteiger partial charge in [-0.3, -0.25) is 9.89 Å². The zero-order valence-electron chi connectivity index (χ0n) is 20.1. The second kappa shape index (κ2) is 9.81. The van der Waals surface area contributed by atoms with Gasteiger partial charge in [0.05, 0.1) is 48.3 Å². The van der Waals surface area contributed by atoms with Crippen LogP contribution in [0.1, 0.15) is 40.2 Å². The molecule has 0 radical (unpaired) electrons. The van der Waals surface area contributed by atoms with Crippen LogP contribution in [0.15, 0.2) is 36.5 Å². The Morgan fingerprint density at radius 2 is 2.05 bits per heavy atom. The molecule has 0 bridgehead atoms. The summed E-state index contributed by atoms with van der Waals surface area (Å²) in [6, 6.07) is 9.08. The van der Waals surface area contributed by atoms with Gasteiger partial charge in [-0.2, -0.15) is 10.4 Å². The van der Waals surface area contributed by atoms with E-state index < -0.39 is 18.4 Å². The highest BCUT2D eigenvalue weighted by atomic mass is 19.1. The largest absolute Gasteiger partial charge is 0.481 e. The van der Waals surface area contributed by atoms with Crippen LogP contribution in [0.3, 0.4) is 0 Å². The molecule has 188 valence electrons. The molecule has 3 aromatic heterocycles. The maximum Gasteiger partial charge on any atom is 0.272 e. The lowest BCUT2D eigenvalue weighted by Crippen LogP contribution is -2.27. The number of methoxy groups -OCH3 is 1. The van der Waals surface area contributed by atoms with E-state index in [2.05, 4.69) is 20.2 Å². The van der Waals surface area contributed by atoms with Crippen LogP contribution in [0.4, 0.5) is 8.78 Å². The summed E-state index contributed by atoms with van der Waals surface area (Å²) in [6.07, 6.45) is 3.16. The molecule has 5 rings (SSSR count). The molecule has 0 spiro atoms. The van der Waals surface area contributed by atoms with Crippen molar-refractivity contribution >= 4 is 16.8 Å². The molecule has 37 heavy (non-hydrogen) atoms. The second-order valence-corrected chi connectivity index (χ2v) is 8.71. The minimum atomic E-state index is -0.789. The third kappa shape index (κ3) is 4.78. The van der Waals surface area contributed by atoms with Crippen LogP contribution in [0.5, 0.6) is 11.8 Å². The fourth-order valence-electron chi connectivity index (χ4n) is 4.04. The number of aromatic amines is 1. The number of aromatic nitrogens is 4. The third-order valence-electron chi connectivity index (χ3n) is 6.03. The van der Waals surface area contributed by atoms with Gasteiger partial charge in [-0.05, 0) is 48.7 Å². The fourth-order valence-corrected chi connectivity index (χ4v) is 4.04. The Kier molecular flexibility index (Phi) is 6.40. The number of benzene rings is 1. The average molecular weight is 504 g/mol.